The number of nitrogens with two attached hydrogens (primary N) is 1. The Bertz CT molecular complexity index is 1310. The number of piperazine rings is 1. The van der Waals surface area contributed by atoms with Crippen molar-refractivity contribution in [3.05, 3.63) is 40.4 Å². The van der Waals surface area contributed by atoms with E-state index in [2.05, 4.69) is 57.8 Å². The molecule has 10 nitrogen and oxygen atoms in total. The van der Waals surface area contributed by atoms with E-state index >= 15 is 0 Å². The van der Waals surface area contributed by atoms with Crippen molar-refractivity contribution in [1.29, 1.82) is 0 Å². The van der Waals surface area contributed by atoms with Gasteiger partial charge < -0.3 is 21.1 Å². The maximum absolute atomic E-state index is 12.3. The first-order valence-electron chi connectivity index (χ1n) is 13.5. The van der Waals surface area contributed by atoms with Gasteiger partial charge in [0.2, 0.25) is 11.5 Å². The molecule has 3 aromatic heterocycles. The number of hydrogen-bond acceptors (Lipinski definition) is 9. The van der Waals surface area contributed by atoms with E-state index in [4.69, 9.17) is 10.7 Å². The Morgan fingerprint density at radius 3 is 2.53 bits per heavy atom. The minimum atomic E-state index is -0.555. The van der Waals surface area contributed by atoms with E-state index in [1.807, 2.05) is 13.0 Å². The zero-order valence-electron chi connectivity index (χ0n) is 23.3. The van der Waals surface area contributed by atoms with E-state index in [-0.39, 0.29) is 23.7 Å². The average Bonchev–Trinajstić information content (AvgIpc) is 2.88. The van der Waals surface area contributed by atoms with Crippen LogP contribution in [-0.2, 0) is 6.54 Å². The largest absolute Gasteiger partial charge is 0.394 e. The van der Waals surface area contributed by atoms with Gasteiger partial charge in [-0.15, -0.1) is 0 Å². The summed E-state index contributed by atoms with van der Waals surface area (Å²) in [5, 5.41) is 13.4. The molecule has 0 unspecified atom stereocenters. The van der Waals surface area contributed by atoms with Crippen LogP contribution in [0, 0.1) is 0 Å². The van der Waals surface area contributed by atoms with Gasteiger partial charge in [0.15, 0.2) is 5.82 Å². The van der Waals surface area contributed by atoms with Crippen molar-refractivity contribution in [1.82, 2.24) is 29.7 Å². The fourth-order valence-electron chi connectivity index (χ4n) is 5.02. The number of nitrogens with zero attached hydrogens (tertiary/aromatic N) is 5. The van der Waals surface area contributed by atoms with Crippen molar-refractivity contribution in [3.8, 4) is 11.1 Å². The smallest absolute Gasteiger partial charge is 0.248 e. The van der Waals surface area contributed by atoms with E-state index in [0.29, 0.717) is 16.9 Å². The predicted molar refractivity (Wildman–Crippen MR) is 153 cm³/mol. The molecule has 0 saturated carbocycles. The quantitative estimate of drug-likeness (QED) is 0.334. The first-order valence-corrected chi connectivity index (χ1v) is 13.5. The summed E-state index contributed by atoms with van der Waals surface area (Å²) in [7, 11) is 0. The van der Waals surface area contributed by atoms with Gasteiger partial charge in [-0.2, -0.15) is 4.98 Å². The van der Waals surface area contributed by atoms with Gasteiger partial charge in [0.25, 0.3) is 0 Å². The van der Waals surface area contributed by atoms with Crippen molar-refractivity contribution in [2.45, 2.75) is 71.5 Å². The van der Waals surface area contributed by atoms with Crippen molar-refractivity contribution < 1.29 is 5.11 Å². The highest BCUT2D eigenvalue weighted by Gasteiger charge is 2.27. The highest BCUT2D eigenvalue weighted by atomic mass is 16.3. The van der Waals surface area contributed by atoms with Crippen LogP contribution in [0.15, 0.2) is 29.3 Å². The number of rotatable bonds is 9. The molecule has 1 saturated heterocycles. The number of aromatic amines is 1. The molecule has 1 aliphatic heterocycles. The SMILES string of the molecule is CCCC[C@](C)(CO)Nc1nc(N)nc2cc(-c3cc(=O)[nH]cc3CN3CCN(C(C)(C)C)CC3)cnc12. The Balaban J connectivity index is 1.63. The van der Waals surface area contributed by atoms with Crippen LogP contribution >= 0.6 is 0 Å². The third kappa shape index (κ3) is 6.48. The number of unbranched alkanes of at least 4 members (excludes halogenated alkanes) is 1. The second-order valence-corrected chi connectivity index (χ2v) is 11.6. The Hall–Kier alpha value is -3.08. The number of anilines is 2. The molecule has 5 N–H and O–H groups in total. The minimum absolute atomic E-state index is 0.0450. The molecule has 0 aliphatic carbocycles. The maximum atomic E-state index is 12.3. The molecule has 1 atom stereocenters. The van der Waals surface area contributed by atoms with Gasteiger partial charge >= 0.3 is 0 Å². The summed E-state index contributed by atoms with van der Waals surface area (Å²) in [6.07, 6.45) is 6.33. The molecule has 206 valence electrons. The molecule has 1 aliphatic rings. The lowest BCUT2D eigenvalue weighted by Crippen LogP contribution is -2.53. The van der Waals surface area contributed by atoms with Crippen LogP contribution in [-0.4, -0.2) is 78.7 Å². The number of aromatic nitrogens is 4. The molecule has 0 aromatic carbocycles. The highest BCUT2D eigenvalue weighted by Crippen LogP contribution is 2.30. The summed E-state index contributed by atoms with van der Waals surface area (Å²) in [5.74, 6) is 0.618. The molecule has 1 fully saturated rings. The molecule has 4 heterocycles. The van der Waals surface area contributed by atoms with Crippen LogP contribution in [0.4, 0.5) is 11.8 Å². The number of nitrogen functional groups attached to an aromatic ring is 1. The Morgan fingerprint density at radius 2 is 1.87 bits per heavy atom. The summed E-state index contributed by atoms with van der Waals surface area (Å²) >= 11 is 0. The molecule has 10 heteroatoms. The Kier molecular flexibility index (Phi) is 8.34. The highest BCUT2D eigenvalue weighted by molar-refractivity contribution is 5.89. The third-order valence-electron chi connectivity index (χ3n) is 7.44. The molecular formula is C28H42N8O2. The standard InChI is InChI=1S/C28H42N8O2/c1-6-7-8-28(5,18-37)34-25-24-22(32-26(29)33-25)13-19(15-31-24)21-14-23(38)30-16-20(21)17-35-9-11-36(12-10-35)27(2,3)4/h13-16,37H,6-12,17-18H2,1-5H3,(H,30,38)(H3,29,32,33,34)/t28-/m1/s1. The Labute approximate surface area is 224 Å². The lowest BCUT2D eigenvalue weighted by molar-refractivity contribution is 0.0591. The zero-order chi connectivity index (χ0) is 27.5. The van der Waals surface area contributed by atoms with Crippen LogP contribution in [0.3, 0.4) is 0 Å². The van der Waals surface area contributed by atoms with Crippen LogP contribution in [0.2, 0.25) is 0 Å². The molecule has 0 radical (unpaired) electrons. The number of nitrogens with one attached hydrogen (secondary N) is 2. The monoisotopic (exact) mass is 522 g/mol. The van der Waals surface area contributed by atoms with Crippen molar-refractivity contribution in [2.24, 2.45) is 0 Å². The number of H-pyrrole nitrogens is 1. The average molecular weight is 523 g/mol. The first kappa shape index (κ1) is 27.9. The molecule has 3 aromatic rings. The third-order valence-corrected chi connectivity index (χ3v) is 7.44. The van der Waals surface area contributed by atoms with Gasteiger partial charge in [-0.05, 0) is 51.3 Å². The normalized spacial score (nSPS) is 17.0. The maximum Gasteiger partial charge on any atom is 0.248 e. The molecule has 0 bridgehead atoms. The number of hydrogen-bond donors (Lipinski definition) is 4. The fourth-order valence-corrected chi connectivity index (χ4v) is 5.02. The van der Waals surface area contributed by atoms with E-state index in [1.165, 1.54) is 0 Å². The molecule has 0 amide bonds. The van der Waals surface area contributed by atoms with E-state index in [1.54, 1.807) is 18.5 Å². The first-order chi connectivity index (χ1) is 18.0. The zero-order valence-corrected chi connectivity index (χ0v) is 23.3. The lowest BCUT2D eigenvalue weighted by Gasteiger charge is -2.42. The molecule has 4 rings (SSSR count). The van der Waals surface area contributed by atoms with Crippen molar-refractivity contribution in [3.63, 3.8) is 0 Å². The summed E-state index contributed by atoms with van der Waals surface area (Å²) in [5.41, 5.74) is 9.33. The summed E-state index contributed by atoms with van der Waals surface area (Å²) in [4.78, 5) is 33.6. The van der Waals surface area contributed by atoms with E-state index < -0.39 is 5.54 Å². The number of aliphatic hydroxyl groups excluding tert-OH is 1. The number of fused-ring (bicyclic) bond motifs is 1. The van der Waals surface area contributed by atoms with Crippen LogP contribution in [0.5, 0.6) is 0 Å². The Morgan fingerprint density at radius 1 is 1.13 bits per heavy atom. The summed E-state index contributed by atoms with van der Waals surface area (Å²) < 4.78 is 0. The van der Waals surface area contributed by atoms with Gasteiger partial charge in [0, 0.05) is 62.3 Å². The minimum Gasteiger partial charge on any atom is -0.394 e. The number of pyridine rings is 2. The van der Waals surface area contributed by atoms with Crippen molar-refractivity contribution in [2.75, 3.05) is 43.8 Å². The summed E-state index contributed by atoms with van der Waals surface area (Å²) in [6.45, 7) is 15.5. The fraction of sp³-hybridized carbons (Fsp3) is 0.571. The second kappa shape index (κ2) is 11.3. The molecular weight excluding hydrogens is 480 g/mol. The van der Waals surface area contributed by atoms with Gasteiger partial charge in [-0.25, -0.2) is 4.98 Å². The van der Waals surface area contributed by atoms with Crippen LogP contribution < -0.4 is 16.6 Å². The number of aliphatic hydroxyl groups is 1. The van der Waals surface area contributed by atoms with E-state index in [9.17, 15) is 9.90 Å². The van der Waals surface area contributed by atoms with Gasteiger partial charge in [-0.3, -0.25) is 19.6 Å². The summed E-state index contributed by atoms with van der Waals surface area (Å²) in [6, 6.07) is 3.53. The topological polar surface area (TPSA) is 136 Å². The van der Waals surface area contributed by atoms with Crippen LogP contribution in [0.25, 0.3) is 22.2 Å². The molecule has 0 spiro atoms. The van der Waals surface area contributed by atoms with Crippen molar-refractivity contribution >= 4 is 22.8 Å². The molecule has 38 heavy (non-hydrogen) atoms. The predicted octanol–water partition coefficient (Wildman–Crippen LogP) is 3.23. The van der Waals surface area contributed by atoms with E-state index in [0.717, 1.165) is 68.7 Å². The lowest BCUT2D eigenvalue weighted by atomic mass is 9.96. The van der Waals surface area contributed by atoms with Gasteiger partial charge in [0.05, 0.1) is 17.7 Å². The van der Waals surface area contributed by atoms with Gasteiger partial charge in [0.1, 0.15) is 5.52 Å². The van der Waals surface area contributed by atoms with Crippen LogP contribution in [0.1, 0.15) is 59.4 Å². The second-order valence-electron chi connectivity index (χ2n) is 11.6. The van der Waals surface area contributed by atoms with Gasteiger partial charge in [-0.1, -0.05) is 19.8 Å².